The number of carbonyl (C=O) groups excluding carboxylic acids is 2. The summed E-state index contributed by atoms with van der Waals surface area (Å²) in [6.07, 6.45) is 5.54. The molecule has 1 aliphatic rings. The van der Waals surface area contributed by atoms with Gasteiger partial charge in [0.2, 0.25) is 11.8 Å². The highest BCUT2D eigenvalue weighted by molar-refractivity contribution is 8.00. The summed E-state index contributed by atoms with van der Waals surface area (Å²) in [6, 6.07) is 15.4. The molecule has 0 atom stereocenters. The molecule has 27 heavy (non-hydrogen) atoms. The van der Waals surface area contributed by atoms with Gasteiger partial charge in [-0.15, -0.1) is 11.8 Å². The zero-order chi connectivity index (χ0) is 19.1. The number of anilines is 2. The molecule has 2 aromatic rings. The third-order valence-corrected chi connectivity index (χ3v) is 5.90. The third-order valence-electron chi connectivity index (χ3n) is 4.89. The van der Waals surface area contributed by atoms with E-state index in [1.54, 1.807) is 0 Å². The predicted octanol–water partition coefficient (Wildman–Crippen LogP) is 5.24. The fraction of sp³-hybridized carbons (Fsp3) is 0.364. The van der Waals surface area contributed by atoms with Crippen molar-refractivity contribution in [2.45, 2.75) is 43.9 Å². The Morgan fingerprint density at radius 1 is 0.963 bits per heavy atom. The first-order valence-electron chi connectivity index (χ1n) is 9.51. The minimum absolute atomic E-state index is 0.0241. The van der Waals surface area contributed by atoms with Crippen molar-refractivity contribution < 1.29 is 9.59 Å². The van der Waals surface area contributed by atoms with Crippen molar-refractivity contribution in [2.75, 3.05) is 16.4 Å². The van der Waals surface area contributed by atoms with E-state index in [1.807, 2.05) is 55.5 Å². The number of rotatable bonds is 6. The van der Waals surface area contributed by atoms with E-state index in [4.69, 9.17) is 0 Å². The molecule has 2 aromatic carbocycles. The molecule has 0 heterocycles. The minimum atomic E-state index is -0.0241. The van der Waals surface area contributed by atoms with E-state index in [2.05, 4.69) is 10.6 Å². The summed E-state index contributed by atoms with van der Waals surface area (Å²) >= 11 is 1.48. The number of hydrogen-bond acceptors (Lipinski definition) is 3. The first kappa shape index (κ1) is 19.5. The van der Waals surface area contributed by atoms with Gasteiger partial charge in [0.25, 0.3) is 0 Å². The summed E-state index contributed by atoms with van der Waals surface area (Å²) in [5, 5.41) is 5.95. The van der Waals surface area contributed by atoms with Crippen molar-refractivity contribution in [3.05, 3.63) is 54.1 Å². The molecule has 0 aromatic heterocycles. The standard InChI is InChI=1S/C22H26N2O2S/c1-16-7-5-6-10-20(16)24-21(25)15-27-19-13-11-18(12-14-19)23-22(26)17-8-3-2-4-9-17/h5-7,10-14,17H,2-4,8-9,15H2,1H3,(H,23,26)(H,24,25). The average Bonchev–Trinajstić information content (AvgIpc) is 2.70. The van der Waals surface area contributed by atoms with Crippen LogP contribution < -0.4 is 10.6 Å². The SMILES string of the molecule is Cc1ccccc1NC(=O)CSc1ccc(NC(=O)C2CCCCC2)cc1. The van der Waals surface area contributed by atoms with Gasteiger partial charge in [-0.25, -0.2) is 0 Å². The second-order valence-electron chi connectivity index (χ2n) is 7.00. The monoisotopic (exact) mass is 382 g/mol. The van der Waals surface area contributed by atoms with Crippen LogP contribution in [0.3, 0.4) is 0 Å². The Labute approximate surface area is 165 Å². The molecular weight excluding hydrogens is 356 g/mol. The minimum Gasteiger partial charge on any atom is -0.326 e. The molecule has 0 unspecified atom stereocenters. The van der Waals surface area contributed by atoms with Crippen LogP contribution in [0.15, 0.2) is 53.4 Å². The molecule has 1 aliphatic carbocycles. The van der Waals surface area contributed by atoms with Gasteiger partial charge < -0.3 is 10.6 Å². The summed E-state index contributed by atoms with van der Waals surface area (Å²) in [5.41, 5.74) is 2.72. The lowest BCUT2D eigenvalue weighted by Gasteiger charge is -2.20. The van der Waals surface area contributed by atoms with Gasteiger partial charge in [-0.3, -0.25) is 9.59 Å². The van der Waals surface area contributed by atoms with Gasteiger partial charge in [0.05, 0.1) is 5.75 Å². The smallest absolute Gasteiger partial charge is 0.234 e. The van der Waals surface area contributed by atoms with E-state index >= 15 is 0 Å². The van der Waals surface area contributed by atoms with Crippen molar-refractivity contribution in [3.63, 3.8) is 0 Å². The maximum absolute atomic E-state index is 12.3. The Hall–Kier alpha value is -2.27. The number of thioether (sulfide) groups is 1. The van der Waals surface area contributed by atoms with Crippen LogP contribution in [0.4, 0.5) is 11.4 Å². The molecule has 4 nitrogen and oxygen atoms in total. The zero-order valence-electron chi connectivity index (χ0n) is 15.7. The maximum Gasteiger partial charge on any atom is 0.234 e. The molecule has 5 heteroatoms. The molecule has 0 spiro atoms. The van der Waals surface area contributed by atoms with E-state index in [-0.39, 0.29) is 17.7 Å². The van der Waals surface area contributed by atoms with Crippen LogP contribution in [0.1, 0.15) is 37.7 Å². The highest BCUT2D eigenvalue weighted by Gasteiger charge is 2.20. The van der Waals surface area contributed by atoms with Gasteiger partial charge >= 0.3 is 0 Å². The number of hydrogen-bond donors (Lipinski definition) is 2. The van der Waals surface area contributed by atoms with Crippen LogP contribution in [0.25, 0.3) is 0 Å². The van der Waals surface area contributed by atoms with Gasteiger partial charge in [-0.05, 0) is 55.7 Å². The van der Waals surface area contributed by atoms with E-state index in [1.165, 1.54) is 18.2 Å². The van der Waals surface area contributed by atoms with Gasteiger partial charge in [-0.1, -0.05) is 37.5 Å². The first-order chi connectivity index (χ1) is 13.1. The van der Waals surface area contributed by atoms with Crippen LogP contribution in [0, 0.1) is 12.8 Å². The normalized spacial score (nSPS) is 14.6. The van der Waals surface area contributed by atoms with Gasteiger partial charge in [-0.2, -0.15) is 0 Å². The van der Waals surface area contributed by atoms with Crippen molar-refractivity contribution in [1.82, 2.24) is 0 Å². The summed E-state index contributed by atoms with van der Waals surface area (Å²) in [7, 11) is 0. The first-order valence-corrected chi connectivity index (χ1v) is 10.5. The van der Waals surface area contributed by atoms with Crippen LogP contribution in [-0.4, -0.2) is 17.6 Å². The number of nitrogens with one attached hydrogen (secondary N) is 2. The summed E-state index contributed by atoms with van der Waals surface area (Å²) in [5.74, 6) is 0.608. The van der Waals surface area contributed by atoms with E-state index in [0.29, 0.717) is 5.75 Å². The second-order valence-corrected chi connectivity index (χ2v) is 8.05. The topological polar surface area (TPSA) is 58.2 Å². The van der Waals surface area contributed by atoms with Crippen molar-refractivity contribution in [1.29, 1.82) is 0 Å². The Bertz CT molecular complexity index is 783. The maximum atomic E-state index is 12.3. The van der Waals surface area contributed by atoms with Gasteiger partial charge in [0.15, 0.2) is 0 Å². The molecule has 0 bridgehead atoms. The Morgan fingerprint density at radius 2 is 1.67 bits per heavy atom. The molecule has 1 fully saturated rings. The number of para-hydroxylation sites is 1. The lowest BCUT2D eigenvalue weighted by Crippen LogP contribution is -2.24. The molecule has 2 N–H and O–H groups in total. The Kier molecular flexibility index (Phi) is 6.93. The van der Waals surface area contributed by atoms with E-state index in [9.17, 15) is 9.59 Å². The largest absolute Gasteiger partial charge is 0.326 e. The number of carbonyl (C=O) groups is 2. The summed E-state index contributed by atoms with van der Waals surface area (Å²) in [6.45, 7) is 1.98. The summed E-state index contributed by atoms with van der Waals surface area (Å²) < 4.78 is 0. The quantitative estimate of drug-likeness (QED) is 0.671. The van der Waals surface area contributed by atoms with Crippen LogP contribution in [0.5, 0.6) is 0 Å². The molecule has 0 saturated heterocycles. The number of amides is 2. The molecule has 1 saturated carbocycles. The molecule has 142 valence electrons. The van der Waals surface area contributed by atoms with Crippen LogP contribution >= 0.6 is 11.8 Å². The molecule has 0 radical (unpaired) electrons. The van der Waals surface area contributed by atoms with E-state index in [0.717, 1.165) is 47.5 Å². The molecule has 3 rings (SSSR count). The predicted molar refractivity (Wildman–Crippen MR) is 112 cm³/mol. The Balaban J connectivity index is 1.46. The highest BCUT2D eigenvalue weighted by atomic mass is 32.2. The zero-order valence-corrected chi connectivity index (χ0v) is 16.5. The van der Waals surface area contributed by atoms with E-state index < -0.39 is 0 Å². The van der Waals surface area contributed by atoms with Gasteiger partial charge in [0.1, 0.15) is 0 Å². The van der Waals surface area contributed by atoms with Crippen molar-refractivity contribution in [2.24, 2.45) is 5.92 Å². The highest BCUT2D eigenvalue weighted by Crippen LogP contribution is 2.26. The lowest BCUT2D eigenvalue weighted by atomic mass is 9.88. The van der Waals surface area contributed by atoms with Crippen LogP contribution in [0.2, 0.25) is 0 Å². The fourth-order valence-corrected chi connectivity index (χ4v) is 3.99. The number of benzene rings is 2. The second kappa shape index (κ2) is 9.60. The van der Waals surface area contributed by atoms with Crippen molar-refractivity contribution >= 4 is 35.0 Å². The lowest BCUT2D eigenvalue weighted by molar-refractivity contribution is -0.120. The van der Waals surface area contributed by atoms with Crippen molar-refractivity contribution in [3.8, 4) is 0 Å². The molecular formula is C22H26N2O2S. The number of aryl methyl sites for hydroxylation is 1. The van der Waals surface area contributed by atoms with Crippen LogP contribution in [-0.2, 0) is 9.59 Å². The summed E-state index contributed by atoms with van der Waals surface area (Å²) in [4.78, 5) is 25.4. The molecule has 0 aliphatic heterocycles. The fourth-order valence-electron chi connectivity index (χ4n) is 3.29. The third kappa shape index (κ3) is 5.86. The van der Waals surface area contributed by atoms with Gasteiger partial charge in [0, 0.05) is 22.2 Å². The molecule has 2 amide bonds. The Morgan fingerprint density at radius 3 is 2.37 bits per heavy atom. The average molecular weight is 383 g/mol.